The standard InChI is InChI=1S/C13H26O3S.C12H25N/c1-13(2)9-8-12(11-13)7-5-4-6-10-16-17(3,14)15;1-12(2)8-7-11(10-12)6-4-3-5-9-13/h12H,4-11H2,1-3H3;11H,3-10,13H2,1-2H3. The molecule has 0 amide bonds. The quantitative estimate of drug-likeness (QED) is 0.269. The summed E-state index contributed by atoms with van der Waals surface area (Å²) in [4.78, 5) is 0. The Morgan fingerprint density at radius 2 is 1.27 bits per heavy atom. The molecule has 2 saturated carbocycles. The molecule has 0 heterocycles. The first-order chi connectivity index (χ1) is 13.9. The van der Waals surface area contributed by atoms with Crippen molar-refractivity contribution in [2.75, 3.05) is 19.4 Å². The number of rotatable bonds is 12. The highest BCUT2D eigenvalue weighted by Crippen LogP contribution is 2.43. The minimum atomic E-state index is -3.24. The van der Waals surface area contributed by atoms with Gasteiger partial charge in [0, 0.05) is 0 Å². The summed E-state index contributed by atoms with van der Waals surface area (Å²) in [5.41, 5.74) is 6.65. The van der Waals surface area contributed by atoms with E-state index >= 15 is 0 Å². The summed E-state index contributed by atoms with van der Waals surface area (Å²) in [7, 11) is -3.24. The van der Waals surface area contributed by atoms with E-state index in [0.29, 0.717) is 17.4 Å². The highest BCUT2D eigenvalue weighted by Gasteiger charge is 2.30. The van der Waals surface area contributed by atoms with Crippen molar-refractivity contribution in [3.63, 3.8) is 0 Å². The van der Waals surface area contributed by atoms with Gasteiger partial charge in [0.15, 0.2) is 0 Å². The van der Waals surface area contributed by atoms with Crippen LogP contribution in [-0.4, -0.2) is 27.8 Å². The Bertz CT molecular complexity index is 557. The summed E-state index contributed by atoms with van der Waals surface area (Å²) in [5, 5.41) is 0. The van der Waals surface area contributed by atoms with E-state index in [-0.39, 0.29) is 0 Å². The largest absolute Gasteiger partial charge is 0.330 e. The van der Waals surface area contributed by atoms with E-state index < -0.39 is 10.1 Å². The lowest BCUT2D eigenvalue weighted by Crippen LogP contribution is -2.05. The average Bonchev–Trinajstić information content (AvgIpc) is 3.15. The lowest BCUT2D eigenvalue weighted by atomic mass is 9.89. The normalized spacial score (nSPS) is 25.1. The molecular weight excluding hydrogens is 394 g/mol. The maximum atomic E-state index is 10.7. The Labute approximate surface area is 188 Å². The molecule has 0 aromatic heterocycles. The molecule has 0 radical (unpaired) electrons. The van der Waals surface area contributed by atoms with Gasteiger partial charge in [-0.25, -0.2) is 0 Å². The van der Waals surface area contributed by atoms with Gasteiger partial charge in [0.1, 0.15) is 0 Å². The van der Waals surface area contributed by atoms with Crippen molar-refractivity contribution < 1.29 is 12.6 Å². The van der Waals surface area contributed by atoms with Crippen molar-refractivity contribution in [3.8, 4) is 0 Å². The monoisotopic (exact) mass is 445 g/mol. The first-order valence-electron chi connectivity index (χ1n) is 12.5. The van der Waals surface area contributed by atoms with Gasteiger partial charge in [0.2, 0.25) is 0 Å². The molecule has 5 heteroatoms. The van der Waals surface area contributed by atoms with E-state index in [1.54, 1.807) is 0 Å². The summed E-state index contributed by atoms with van der Waals surface area (Å²) >= 11 is 0. The zero-order valence-electron chi connectivity index (χ0n) is 20.7. The zero-order valence-corrected chi connectivity index (χ0v) is 21.5. The lowest BCUT2D eigenvalue weighted by molar-refractivity contribution is 0.304. The molecule has 0 saturated heterocycles. The third-order valence-electron chi connectivity index (χ3n) is 7.01. The number of nitrogens with two attached hydrogens (primary N) is 1. The van der Waals surface area contributed by atoms with E-state index in [2.05, 4.69) is 27.7 Å². The molecule has 0 bridgehead atoms. The predicted octanol–water partition coefficient (Wildman–Crippen LogP) is 6.68. The molecule has 0 aromatic rings. The first kappa shape index (κ1) is 27.9. The number of unbranched alkanes of at least 4 members (excludes halogenated alkanes) is 4. The molecule has 0 aliphatic heterocycles. The summed E-state index contributed by atoms with van der Waals surface area (Å²) in [6.07, 6.45) is 19.4. The Morgan fingerprint density at radius 3 is 1.63 bits per heavy atom. The third-order valence-corrected chi connectivity index (χ3v) is 7.61. The molecule has 2 aliphatic carbocycles. The molecular formula is C25H51NO3S. The van der Waals surface area contributed by atoms with Crippen LogP contribution in [0.4, 0.5) is 0 Å². The van der Waals surface area contributed by atoms with Gasteiger partial charge in [-0.1, -0.05) is 66.2 Å². The molecule has 30 heavy (non-hydrogen) atoms. The van der Waals surface area contributed by atoms with E-state index in [4.69, 9.17) is 9.92 Å². The van der Waals surface area contributed by atoms with Gasteiger partial charge >= 0.3 is 0 Å². The van der Waals surface area contributed by atoms with Gasteiger partial charge in [-0.05, 0) is 80.6 Å². The topological polar surface area (TPSA) is 69.4 Å². The molecule has 2 rings (SSSR count). The van der Waals surface area contributed by atoms with E-state index in [0.717, 1.165) is 37.5 Å². The smallest absolute Gasteiger partial charge is 0.264 e. The maximum Gasteiger partial charge on any atom is 0.264 e. The van der Waals surface area contributed by atoms with Crippen LogP contribution in [0.3, 0.4) is 0 Å². The van der Waals surface area contributed by atoms with Crippen LogP contribution < -0.4 is 5.73 Å². The summed E-state index contributed by atoms with van der Waals surface area (Å²) in [5.74, 6) is 1.91. The van der Waals surface area contributed by atoms with Crippen LogP contribution in [0.2, 0.25) is 0 Å². The van der Waals surface area contributed by atoms with Gasteiger partial charge in [0.25, 0.3) is 10.1 Å². The number of hydrogen-bond donors (Lipinski definition) is 1. The van der Waals surface area contributed by atoms with Crippen LogP contribution in [0.15, 0.2) is 0 Å². The van der Waals surface area contributed by atoms with Gasteiger partial charge in [-0.3, -0.25) is 4.18 Å². The maximum absolute atomic E-state index is 10.7. The Morgan fingerprint density at radius 1 is 0.800 bits per heavy atom. The average molecular weight is 446 g/mol. The highest BCUT2D eigenvalue weighted by molar-refractivity contribution is 7.85. The molecule has 2 N–H and O–H groups in total. The second-order valence-corrected chi connectivity index (χ2v) is 13.2. The van der Waals surface area contributed by atoms with Gasteiger partial charge in [0.05, 0.1) is 12.9 Å². The van der Waals surface area contributed by atoms with Crippen molar-refractivity contribution in [1.29, 1.82) is 0 Å². The highest BCUT2D eigenvalue weighted by atomic mass is 32.2. The minimum Gasteiger partial charge on any atom is -0.330 e. The van der Waals surface area contributed by atoms with E-state index in [1.807, 2.05) is 0 Å². The van der Waals surface area contributed by atoms with Crippen LogP contribution in [0.1, 0.15) is 118 Å². The van der Waals surface area contributed by atoms with E-state index in [1.165, 1.54) is 77.0 Å². The molecule has 0 aromatic carbocycles. The molecule has 2 atom stereocenters. The molecule has 4 nitrogen and oxygen atoms in total. The Kier molecular flexibility index (Phi) is 12.5. The summed E-state index contributed by atoms with van der Waals surface area (Å²) in [6.45, 7) is 10.7. The fourth-order valence-corrected chi connectivity index (χ4v) is 5.75. The van der Waals surface area contributed by atoms with Crippen LogP contribution in [-0.2, 0) is 14.3 Å². The lowest BCUT2D eigenvalue weighted by Gasteiger charge is -2.16. The van der Waals surface area contributed by atoms with Crippen molar-refractivity contribution in [1.82, 2.24) is 0 Å². The minimum absolute atomic E-state index is 0.342. The molecule has 0 spiro atoms. The third kappa shape index (κ3) is 14.0. The van der Waals surface area contributed by atoms with Gasteiger partial charge in [-0.2, -0.15) is 8.42 Å². The van der Waals surface area contributed by atoms with Crippen molar-refractivity contribution in [2.24, 2.45) is 28.4 Å². The SMILES string of the molecule is CC1(C)CCC(CCCCCN)C1.CC1(C)CCC(CCCCCOS(C)(=O)=O)C1. The molecule has 2 unspecified atom stereocenters. The number of hydrogen-bond acceptors (Lipinski definition) is 4. The van der Waals surface area contributed by atoms with Gasteiger partial charge in [-0.15, -0.1) is 0 Å². The fraction of sp³-hybridized carbons (Fsp3) is 1.00. The predicted molar refractivity (Wildman–Crippen MR) is 129 cm³/mol. The van der Waals surface area contributed by atoms with E-state index in [9.17, 15) is 8.42 Å². The fourth-order valence-electron chi connectivity index (χ4n) is 5.33. The zero-order chi connectivity index (χ0) is 22.7. The first-order valence-corrected chi connectivity index (χ1v) is 14.3. The Balaban J connectivity index is 0.000000311. The van der Waals surface area contributed by atoms with Crippen LogP contribution in [0.25, 0.3) is 0 Å². The second kappa shape index (κ2) is 13.4. The van der Waals surface area contributed by atoms with Crippen molar-refractivity contribution in [3.05, 3.63) is 0 Å². The summed E-state index contributed by atoms with van der Waals surface area (Å²) in [6, 6.07) is 0. The summed E-state index contributed by atoms with van der Waals surface area (Å²) < 4.78 is 26.2. The van der Waals surface area contributed by atoms with Gasteiger partial charge < -0.3 is 5.73 Å². The molecule has 2 fully saturated rings. The molecule has 2 aliphatic rings. The van der Waals surface area contributed by atoms with Crippen molar-refractivity contribution in [2.45, 2.75) is 118 Å². The van der Waals surface area contributed by atoms with Crippen molar-refractivity contribution >= 4 is 10.1 Å². The van der Waals surface area contributed by atoms with Crippen LogP contribution >= 0.6 is 0 Å². The second-order valence-electron chi connectivity index (χ2n) is 11.6. The Hall–Kier alpha value is -0.130. The van der Waals surface area contributed by atoms with Crippen LogP contribution in [0, 0.1) is 22.7 Å². The molecule has 180 valence electrons. The van der Waals surface area contributed by atoms with Crippen LogP contribution in [0.5, 0.6) is 0 Å².